The highest BCUT2D eigenvalue weighted by Gasteiger charge is 2.07. The Kier molecular flexibility index (Phi) is 4.65. The van der Waals surface area contributed by atoms with E-state index in [9.17, 15) is 9.59 Å². The van der Waals surface area contributed by atoms with E-state index < -0.39 is 0 Å². The Bertz CT molecular complexity index is 933. The van der Waals surface area contributed by atoms with Crippen LogP contribution < -0.4 is 10.9 Å². The summed E-state index contributed by atoms with van der Waals surface area (Å²) in [7, 11) is 0. The number of pyridine rings is 1. The van der Waals surface area contributed by atoms with Crippen molar-refractivity contribution in [2.24, 2.45) is 0 Å². The number of aromatic nitrogens is 3. The molecule has 0 atom stereocenters. The maximum Gasteiger partial charge on any atom is 0.253 e. The molecule has 0 unspecified atom stereocenters. The van der Waals surface area contributed by atoms with Crippen molar-refractivity contribution in [1.29, 1.82) is 0 Å². The van der Waals surface area contributed by atoms with Gasteiger partial charge in [-0.05, 0) is 18.6 Å². The van der Waals surface area contributed by atoms with Crippen molar-refractivity contribution in [3.05, 3.63) is 65.0 Å². The Labute approximate surface area is 139 Å². The van der Waals surface area contributed by atoms with E-state index >= 15 is 0 Å². The maximum absolute atomic E-state index is 12.2. The first-order chi connectivity index (χ1) is 11.7. The Hall–Kier alpha value is -3.02. The molecule has 122 valence electrons. The lowest BCUT2D eigenvalue weighted by Crippen LogP contribution is -2.27. The highest BCUT2D eigenvalue weighted by Crippen LogP contribution is 2.15. The first kappa shape index (κ1) is 15.9. The van der Waals surface area contributed by atoms with Gasteiger partial charge in [0.15, 0.2) is 0 Å². The fraction of sp³-hybridized carbons (Fsp3) is 0.222. The van der Waals surface area contributed by atoms with Crippen molar-refractivity contribution in [3.8, 4) is 0 Å². The molecule has 0 bridgehead atoms. The molecule has 0 saturated heterocycles. The Morgan fingerprint density at radius 3 is 2.83 bits per heavy atom. The number of hydrogen-bond acceptors (Lipinski definition) is 4. The molecule has 3 rings (SSSR count). The van der Waals surface area contributed by atoms with Crippen LogP contribution in [-0.2, 0) is 17.8 Å². The van der Waals surface area contributed by atoms with Gasteiger partial charge < -0.3 is 5.32 Å². The Morgan fingerprint density at radius 1 is 1.21 bits per heavy atom. The van der Waals surface area contributed by atoms with Gasteiger partial charge in [-0.15, -0.1) is 0 Å². The molecule has 0 aliphatic heterocycles. The summed E-state index contributed by atoms with van der Waals surface area (Å²) in [5, 5.41) is 3.70. The quantitative estimate of drug-likeness (QED) is 0.782. The van der Waals surface area contributed by atoms with E-state index in [4.69, 9.17) is 0 Å². The molecule has 3 aromatic rings. The molecule has 2 heterocycles. The molecule has 0 aliphatic carbocycles. The van der Waals surface area contributed by atoms with Gasteiger partial charge in [0, 0.05) is 17.1 Å². The van der Waals surface area contributed by atoms with Crippen LogP contribution in [0.2, 0.25) is 0 Å². The van der Waals surface area contributed by atoms with Gasteiger partial charge in [0.25, 0.3) is 5.56 Å². The number of aryl methyl sites for hydroxylation is 1. The zero-order chi connectivity index (χ0) is 16.9. The lowest BCUT2D eigenvalue weighted by molar-refractivity contribution is -0.116. The van der Waals surface area contributed by atoms with Crippen LogP contribution in [0, 0.1) is 0 Å². The minimum Gasteiger partial charge on any atom is -0.323 e. The molecular weight excluding hydrogens is 304 g/mol. The second-order valence-corrected chi connectivity index (χ2v) is 5.56. The highest BCUT2D eigenvalue weighted by atomic mass is 16.2. The summed E-state index contributed by atoms with van der Waals surface area (Å²) in [6.45, 7) is 1.95. The molecule has 0 fully saturated rings. The Morgan fingerprint density at radius 2 is 2.04 bits per heavy atom. The molecule has 2 aromatic heterocycles. The van der Waals surface area contributed by atoms with E-state index in [1.165, 1.54) is 17.0 Å². The average molecular weight is 322 g/mol. The number of anilines is 1. The predicted octanol–water partition coefficient (Wildman–Crippen LogP) is 2.38. The van der Waals surface area contributed by atoms with E-state index in [1.807, 2.05) is 37.3 Å². The summed E-state index contributed by atoms with van der Waals surface area (Å²) in [6.07, 6.45) is 4.70. The summed E-state index contributed by atoms with van der Waals surface area (Å²) in [6, 6.07) is 11.0. The smallest absolute Gasteiger partial charge is 0.253 e. The Balaban J connectivity index is 1.71. The third-order valence-electron chi connectivity index (χ3n) is 3.63. The van der Waals surface area contributed by atoms with E-state index in [0.29, 0.717) is 5.69 Å². The zero-order valence-electron chi connectivity index (χ0n) is 13.4. The van der Waals surface area contributed by atoms with Crippen LogP contribution in [0.3, 0.4) is 0 Å². The topological polar surface area (TPSA) is 76.9 Å². The second kappa shape index (κ2) is 7.04. The third kappa shape index (κ3) is 3.65. The fourth-order valence-electron chi connectivity index (χ4n) is 2.47. The SMILES string of the molecule is CCCc1cc(=O)n(CC(=O)Nc2cnc3ccccc3c2)cn1. The van der Waals surface area contributed by atoms with Gasteiger partial charge in [-0.25, -0.2) is 4.98 Å². The minimum absolute atomic E-state index is 0.0783. The van der Waals surface area contributed by atoms with E-state index in [0.717, 1.165) is 29.4 Å². The summed E-state index contributed by atoms with van der Waals surface area (Å²) >= 11 is 0. The fourth-order valence-corrected chi connectivity index (χ4v) is 2.47. The van der Waals surface area contributed by atoms with Gasteiger partial charge >= 0.3 is 0 Å². The van der Waals surface area contributed by atoms with Crippen molar-refractivity contribution in [1.82, 2.24) is 14.5 Å². The molecule has 0 saturated carbocycles. The van der Waals surface area contributed by atoms with Crippen LogP contribution in [0.5, 0.6) is 0 Å². The van der Waals surface area contributed by atoms with Crippen LogP contribution in [-0.4, -0.2) is 20.4 Å². The number of rotatable bonds is 5. The molecule has 6 nitrogen and oxygen atoms in total. The first-order valence-electron chi connectivity index (χ1n) is 7.85. The lowest BCUT2D eigenvalue weighted by atomic mass is 10.2. The number of amides is 1. The average Bonchev–Trinajstić information content (AvgIpc) is 2.57. The van der Waals surface area contributed by atoms with Crippen molar-refractivity contribution in [2.75, 3.05) is 5.32 Å². The van der Waals surface area contributed by atoms with Gasteiger partial charge in [0.05, 0.1) is 23.7 Å². The second-order valence-electron chi connectivity index (χ2n) is 5.56. The number of hydrogen-bond donors (Lipinski definition) is 1. The van der Waals surface area contributed by atoms with Crippen molar-refractivity contribution >= 4 is 22.5 Å². The number of fused-ring (bicyclic) bond motifs is 1. The van der Waals surface area contributed by atoms with Gasteiger partial charge in [-0.1, -0.05) is 31.5 Å². The number of carbonyl (C=O) groups is 1. The van der Waals surface area contributed by atoms with E-state index in [1.54, 1.807) is 6.20 Å². The summed E-state index contributed by atoms with van der Waals surface area (Å²) in [5.41, 5.74) is 1.99. The summed E-state index contributed by atoms with van der Waals surface area (Å²) in [4.78, 5) is 32.7. The first-order valence-corrected chi connectivity index (χ1v) is 7.85. The monoisotopic (exact) mass is 322 g/mol. The van der Waals surface area contributed by atoms with Gasteiger partial charge in [0.2, 0.25) is 5.91 Å². The molecule has 1 aromatic carbocycles. The molecule has 1 N–H and O–H groups in total. The number of nitrogens with one attached hydrogen (secondary N) is 1. The van der Waals surface area contributed by atoms with Gasteiger partial charge in [-0.3, -0.25) is 19.1 Å². The van der Waals surface area contributed by atoms with Gasteiger partial charge in [-0.2, -0.15) is 0 Å². The molecule has 24 heavy (non-hydrogen) atoms. The molecular formula is C18H18N4O2. The van der Waals surface area contributed by atoms with Crippen LogP contribution in [0.1, 0.15) is 19.0 Å². The van der Waals surface area contributed by atoms with E-state index in [-0.39, 0.29) is 18.0 Å². The summed E-state index contributed by atoms with van der Waals surface area (Å²) < 4.78 is 1.29. The number of para-hydroxylation sites is 1. The number of carbonyl (C=O) groups excluding carboxylic acids is 1. The lowest BCUT2D eigenvalue weighted by Gasteiger charge is -2.08. The largest absolute Gasteiger partial charge is 0.323 e. The van der Waals surface area contributed by atoms with E-state index in [2.05, 4.69) is 15.3 Å². The molecule has 0 aliphatic rings. The van der Waals surface area contributed by atoms with Crippen molar-refractivity contribution in [2.45, 2.75) is 26.3 Å². The van der Waals surface area contributed by atoms with Gasteiger partial charge in [0.1, 0.15) is 6.54 Å². The zero-order valence-corrected chi connectivity index (χ0v) is 13.4. The highest BCUT2D eigenvalue weighted by molar-refractivity contribution is 5.92. The maximum atomic E-state index is 12.2. The standard InChI is InChI=1S/C18H18N4O2/c1-2-5-14-9-18(24)22(12-20-14)11-17(23)21-15-8-13-6-3-4-7-16(13)19-10-15/h3-4,6-10,12H,2,5,11H2,1H3,(H,21,23). The normalized spacial score (nSPS) is 10.7. The molecule has 0 radical (unpaired) electrons. The third-order valence-corrected chi connectivity index (χ3v) is 3.63. The van der Waals surface area contributed by atoms with Crippen LogP contribution in [0.4, 0.5) is 5.69 Å². The van der Waals surface area contributed by atoms with Crippen LogP contribution in [0.25, 0.3) is 10.9 Å². The number of benzene rings is 1. The minimum atomic E-state index is -0.292. The molecule has 0 spiro atoms. The predicted molar refractivity (Wildman–Crippen MR) is 92.9 cm³/mol. The summed E-state index contributed by atoms with van der Waals surface area (Å²) in [5.74, 6) is -0.292. The molecule has 6 heteroatoms. The van der Waals surface area contributed by atoms with Crippen LogP contribution in [0.15, 0.2) is 53.7 Å². The van der Waals surface area contributed by atoms with Crippen LogP contribution >= 0.6 is 0 Å². The van der Waals surface area contributed by atoms with Crippen molar-refractivity contribution < 1.29 is 4.79 Å². The number of nitrogens with zero attached hydrogens (tertiary/aromatic N) is 3. The van der Waals surface area contributed by atoms with Crippen molar-refractivity contribution in [3.63, 3.8) is 0 Å². The molecule has 1 amide bonds.